The number of ether oxygens (including phenoxy) is 1. The van der Waals surface area contributed by atoms with E-state index in [9.17, 15) is 4.79 Å². The van der Waals surface area contributed by atoms with Crippen molar-refractivity contribution in [3.8, 4) is 0 Å². The van der Waals surface area contributed by atoms with Gasteiger partial charge in [0.25, 0.3) is 0 Å². The molecule has 160 valence electrons. The van der Waals surface area contributed by atoms with E-state index in [1.165, 1.54) is 0 Å². The van der Waals surface area contributed by atoms with Crippen molar-refractivity contribution in [1.29, 1.82) is 0 Å². The van der Waals surface area contributed by atoms with Crippen LogP contribution in [0.5, 0.6) is 0 Å². The van der Waals surface area contributed by atoms with Crippen molar-refractivity contribution in [2.75, 3.05) is 11.9 Å². The van der Waals surface area contributed by atoms with Gasteiger partial charge in [0.1, 0.15) is 11.9 Å². The second-order valence-electron chi connectivity index (χ2n) is 7.60. The Balaban J connectivity index is 1.44. The number of aliphatic imine (C=N–C) groups is 3. The predicted octanol–water partition coefficient (Wildman–Crippen LogP) is 3.56. The lowest BCUT2D eigenvalue weighted by Gasteiger charge is -2.18. The first-order valence-corrected chi connectivity index (χ1v) is 10.8. The van der Waals surface area contributed by atoms with E-state index in [1.807, 2.05) is 10.9 Å². The Morgan fingerprint density at radius 2 is 2.23 bits per heavy atom. The van der Waals surface area contributed by atoms with Gasteiger partial charge in [0, 0.05) is 30.1 Å². The van der Waals surface area contributed by atoms with Gasteiger partial charge in [-0.05, 0) is 37.5 Å². The van der Waals surface area contributed by atoms with Crippen molar-refractivity contribution in [1.82, 2.24) is 15.1 Å². The van der Waals surface area contributed by atoms with E-state index >= 15 is 0 Å². The average molecular weight is 440 g/mol. The molecule has 2 atom stereocenters. The molecule has 5 rings (SSSR count). The van der Waals surface area contributed by atoms with Crippen LogP contribution >= 0.6 is 11.6 Å². The molecule has 31 heavy (non-hydrogen) atoms. The van der Waals surface area contributed by atoms with Gasteiger partial charge < -0.3 is 10.1 Å². The molecule has 9 nitrogen and oxygen atoms in total. The van der Waals surface area contributed by atoms with Crippen LogP contribution in [-0.2, 0) is 11.3 Å². The summed E-state index contributed by atoms with van der Waals surface area (Å²) in [4.78, 5) is 26.8. The van der Waals surface area contributed by atoms with Gasteiger partial charge in [-0.3, -0.25) is 15.0 Å². The second kappa shape index (κ2) is 8.24. The highest BCUT2D eigenvalue weighted by atomic mass is 35.5. The maximum Gasteiger partial charge on any atom is 0.324 e. The normalized spacial score (nSPS) is 21.7. The predicted molar refractivity (Wildman–Crippen MR) is 120 cm³/mol. The van der Waals surface area contributed by atoms with Gasteiger partial charge in [0.15, 0.2) is 17.7 Å². The number of benzene rings is 1. The first kappa shape index (κ1) is 19.9. The van der Waals surface area contributed by atoms with Crippen LogP contribution in [-0.4, -0.2) is 51.9 Å². The molecule has 2 amide bonds. The van der Waals surface area contributed by atoms with Crippen molar-refractivity contribution in [2.24, 2.45) is 15.0 Å². The molecule has 0 bridgehead atoms. The van der Waals surface area contributed by atoms with Gasteiger partial charge in [0.2, 0.25) is 0 Å². The maximum atomic E-state index is 12.7. The topological polar surface area (TPSA) is 105 Å². The lowest BCUT2D eigenvalue weighted by Crippen LogP contribution is -2.44. The van der Waals surface area contributed by atoms with E-state index < -0.39 is 12.1 Å². The minimum Gasteiger partial charge on any atom is -0.370 e. The number of hydrogen-bond acceptors (Lipinski definition) is 6. The van der Waals surface area contributed by atoms with Crippen LogP contribution in [0.1, 0.15) is 31.7 Å². The van der Waals surface area contributed by atoms with Crippen molar-refractivity contribution in [2.45, 2.75) is 44.9 Å². The Kier molecular flexibility index (Phi) is 5.29. The number of aromatic nitrogens is 2. The highest BCUT2D eigenvalue weighted by Gasteiger charge is 2.38. The molecule has 10 heteroatoms. The smallest absolute Gasteiger partial charge is 0.324 e. The summed E-state index contributed by atoms with van der Waals surface area (Å²) in [6.07, 6.45) is 4.66. The monoisotopic (exact) mass is 439 g/mol. The number of nitrogens with one attached hydrogen (secondary N) is 2. The molecule has 2 unspecified atom stereocenters. The quantitative estimate of drug-likeness (QED) is 0.760. The molecule has 0 radical (unpaired) electrons. The zero-order valence-corrected chi connectivity index (χ0v) is 17.8. The largest absolute Gasteiger partial charge is 0.370 e. The van der Waals surface area contributed by atoms with Crippen LogP contribution in [0.3, 0.4) is 0 Å². The molecule has 3 aliphatic heterocycles. The lowest BCUT2D eigenvalue weighted by atomic mass is 10.0. The molecular weight excluding hydrogens is 418 g/mol. The fourth-order valence-corrected chi connectivity index (χ4v) is 4.07. The van der Waals surface area contributed by atoms with Crippen LogP contribution in [0.25, 0.3) is 0 Å². The summed E-state index contributed by atoms with van der Waals surface area (Å²) in [5.41, 5.74) is 2.17. The van der Waals surface area contributed by atoms with Crippen molar-refractivity contribution in [3.05, 3.63) is 41.0 Å². The number of amides is 2. The molecule has 0 aliphatic carbocycles. The number of rotatable bonds is 4. The van der Waals surface area contributed by atoms with E-state index in [0.29, 0.717) is 34.8 Å². The van der Waals surface area contributed by atoms with E-state index in [0.717, 1.165) is 37.1 Å². The van der Waals surface area contributed by atoms with Crippen LogP contribution in [0.15, 0.2) is 45.4 Å². The minimum absolute atomic E-state index is 0.117. The molecule has 2 N–H and O–H groups in total. The van der Waals surface area contributed by atoms with Gasteiger partial charge in [0.05, 0.1) is 11.3 Å². The minimum atomic E-state index is -0.490. The molecule has 1 aromatic carbocycles. The molecule has 2 aromatic rings. The number of hydrogen-bond donors (Lipinski definition) is 2. The second-order valence-corrected chi connectivity index (χ2v) is 8.04. The summed E-state index contributed by atoms with van der Waals surface area (Å²) in [6.45, 7) is 3.57. The number of nitrogens with zero attached hydrogens (tertiary/aromatic N) is 5. The Morgan fingerprint density at radius 3 is 3.00 bits per heavy atom. The van der Waals surface area contributed by atoms with Gasteiger partial charge >= 0.3 is 6.03 Å². The first-order chi connectivity index (χ1) is 15.1. The Bertz CT molecular complexity index is 1110. The number of halogens is 1. The zero-order chi connectivity index (χ0) is 21.4. The highest BCUT2D eigenvalue weighted by Crippen LogP contribution is 2.30. The van der Waals surface area contributed by atoms with E-state index in [4.69, 9.17) is 26.3 Å². The number of carbonyl (C=O) groups is 1. The number of amidine groups is 2. The standard InChI is InChI=1S/C21H22ClN7O2/c1-2-8-29-11-14-16-17(25-19(24-16)15-7-4-9-31-15)20(26-18(14)28-29)27-21(30)23-13-6-3-5-12(22)10-13/h3,5-6,10-11,15,17H,2,4,7-9H2,1H3,(H2,23,26,27,28,30). The third-order valence-electron chi connectivity index (χ3n) is 5.25. The van der Waals surface area contributed by atoms with Crippen LogP contribution in [0.2, 0.25) is 5.02 Å². The summed E-state index contributed by atoms with van der Waals surface area (Å²) in [6, 6.07) is 6.02. The Labute approximate surface area is 184 Å². The van der Waals surface area contributed by atoms with Crippen LogP contribution < -0.4 is 10.6 Å². The molecule has 1 saturated heterocycles. The Hall–Kier alpha value is -3.04. The third-order valence-corrected chi connectivity index (χ3v) is 5.49. The molecule has 0 saturated carbocycles. The molecule has 0 spiro atoms. The summed E-state index contributed by atoms with van der Waals surface area (Å²) in [7, 11) is 0. The van der Waals surface area contributed by atoms with Gasteiger partial charge in [-0.2, -0.15) is 5.10 Å². The fraction of sp³-hybridized carbons (Fsp3) is 0.381. The summed E-state index contributed by atoms with van der Waals surface area (Å²) < 4.78 is 7.62. The van der Waals surface area contributed by atoms with Crippen molar-refractivity contribution >= 4 is 46.5 Å². The number of urea groups is 1. The van der Waals surface area contributed by atoms with Crippen molar-refractivity contribution in [3.63, 3.8) is 0 Å². The van der Waals surface area contributed by atoms with Gasteiger partial charge in [-0.15, -0.1) is 0 Å². The molecular formula is C21H22ClN7O2. The molecule has 4 heterocycles. The maximum absolute atomic E-state index is 12.7. The average Bonchev–Trinajstić information content (AvgIpc) is 3.47. The van der Waals surface area contributed by atoms with Crippen molar-refractivity contribution < 1.29 is 9.53 Å². The highest BCUT2D eigenvalue weighted by molar-refractivity contribution is 6.31. The molecule has 1 aromatic heterocycles. The molecule has 3 aliphatic rings. The van der Waals surface area contributed by atoms with Gasteiger partial charge in [-0.25, -0.2) is 14.8 Å². The van der Waals surface area contributed by atoms with Crippen LogP contribution in [0.4, 0.5) is 16.3 Å². The van der Waals surface area contributed by atoms with E-state index in [1.54, 1.807) is 24.3 Å². The number of carbonyl (C=O) groups excluding carboxylic acids is 1. The summed E-state index contributed by atoms with van der Waals surface area (Å²) >= 11 is 6.00. The van der Waals surface area contributed by atoms with E-state index in [-0.39, 0.29) is 6.10 Å². The Morgan fingerprint density at radius 1 is 1.32 bits per heavy atom. The third kappa shape index (κ3) is 3.98. The van der Waals surface area contributed by atoms with E-state index in [2.05, 4.69) is 27.6 Å². The fourth-order valence-electron chi connectivity index (χ4n) is 3.88. The number of aryl methyl sites for hydroxylation is 1. The lowest BCUT2D eigenvalue weighted by molar-refractivity contribution is 0.158. The number of anilines is 1. The summed E-state index contributed by atoms with van der Waals surface area (Å²) in [5, 5.41) is 10.7. The summed E-state index contributed by atoms with van der Waals surface area (Å²) in [5.74, 6) is 1.57. The zero-order valence-electron chi connectivity index (χ0n) is 17.0. The number of fused-ring (bicyclic) bond motifs is 3. The molecule has 1 fully saturated rings. The first-order valence-electron chi connectivity index (χ1n) is 10.4. The van der Waals surface area contributed by atoms with Gasteiger partial charge in [-0.1, -0.05) is 24.6 Å². The SMILES string of the molecule is CCCn1cc2c(n1)N=C(NC(=O)Nc1cccc(Cl)c1)C1N=C(C3CCCO3)N=C21. The van der Waals surface area contributed by atoms with Crippen LogP contribution in [0, 0.1) is 0 Å².